The van der Waals surface area contributed by atoms with E-state index in [9.17, 15) is 4.79 Å². The molecule has 0 atom stereocenters. The van der Waals surface area contributed by atoms with Gasteiger partial charge in [-0.2, -0.15) is 0 Å². The molecule has 0 fully saturated rings. The Labute approximate surface area is 91.1 Å². The van der Waals surface area contributed by atoms with Crippen molar-refractivity contribution in [1.82, 2.24) is 9.55 Å². The maximum absolute atomic E-state index is 10.4. The van der Waals surface area contributed by atoms with Gasteiger partial charge in [-0.15, -0.1) is 0 Å². The zero-order valence-corrected chi connectivity index (χ0v) is 8.61. The zero-order chi connectivity index (χ0) is 10.8. The van der Waals surface area contributed by atoms with E-state index >= 15 is 0 Å². The molecule has 78 valence electrons. The Morgan fingerprint density at radius 2 is 2.33 bits per heavy atom. The third-order valence-electron chi connectivity index (χ3n) is 2.15. The largest absolute Gasteiger partial charge is 0.481 e. The van der Waals surface area contributed by atoms with E-state index in [0.29, 0.717) is 11.6 Å². The van der Waals surface area contributed by atoms with Crippen LogP contribution in [0.1, 0.15) is 6.42 Å². The molecule has 1 N–H and O–H groups in total. The predicted octanol–water partition coefficient (Wildman–Crippen LogP) is 2.16. The van der Waals surface area contributed by atoms with E-state index in [2.05, 4.69) is 4.98 Å². The fourth-order valence-corrected chi connectivity index (χ4v) is 1.60. The van der Waals surface area contributed by atoms with Crippen LogP contribution in [0.15, 0.2) is 24.5 Å². The molecule has 0 bridgehead atoms. The Morgan fingerprint density at radius 3 is 3.07 bits per heavy atom. The molecular weight excluding hydrogens is 216 g/mol. The Kier molecular flexibility index (Phi) is 2.60. The minimum atomic E-state index is -0.814. The molecule has 1 aromatic heterocycles. The first-order valence-corrected chi connectivity index (χ1v) is 4.87. The van der Waals surface area contributed by atoms with Crippen LogP contribution in [0.25, 0.3) is 11.0 Å². The van der Waals surface area contributed by atoms with E-state index < -0.39 is 5.97 Å². The first-order chi connectivity index (χ1) is 7.16. The van der Waals surface area contributed by atoms with Gasteiger partial charge in [0.15, 0.2) is 0 Å². The molecule has 2 rings (SSSR count). The van der Waals surface area contributed by atoms with Crippen molar-refractivity contribution in [2.24, 2.45) is 0 Å². The summed E-state index contributed by atoms with van der Waals surface area (Å²) in [6, 6.07) is 5.36. The quantitative estimate of drug-likeness (QED) is 0.869. The van der Waals surface area contributed by atoms with E-state index in [-0.39, 0.29) is 6.42 Å². The average Bonchev–Trinajstić information content (AvgIpc) is 2.57. The van der Waals surface area contributed by atoms with Gasteiger partial charge in [0, 0.05) is 11.6 Å². The van der Waals surface area contributed by atoms with Crippen LogP contribution in [0, 0.1) is 0 Å². The van der Waals surface area contributed by atoms with E-state index in [1.807, 2.05) is 6.07 Å². The number of carbonyl (C=O) groups is 1. The standard InChI is InChI=1S/C10H9ClN2O2/c11-7-1-2-9-8(5-7)12-6-13(9)4-3-10(14)15/h1-2,5-6H,3-4H2,(H,14,15). The first-order valence-electron chi connectivity index (χ1n) is 4.49. The Morgan fingerprint density at radius 1 is 1.53 bits per heavy atom. The average molecular weight is 225 g/mol. The highest BCUT2D eigenvalue weighted by Gasteiger charge is 2.04. The van der Waals surface area contributed by atoms with Gasteiger partial charge in [-0.3, -0.25) is 4.79 Å². The third kappa shape index (κ3) is 2.10. The molecule has 1 heterocycles. The fourth-order valence-electron chi connectivity index (χ4n) is 1.43. The van der Waals surface area contributed by atoms with Gasteiger partial charge >= 0.3 is 5.97 Å². The van der Waals surface area contributed by atoms with Crippen LogP contribution in [0.5, 0.6) is 0 Å². The summed E-state index contributed by atoms with van der Waals surface area (Å²) >= 11 is 5.81. The maximum Gasteiger partial charge on any atom is 0.305 e. The molecule has 0 spiro atoms. The minimum absolute atomic E-state index is 0.0914. The highest BCUT2D eigenvalue weighted by molar-refractivity contribution is 6.31. The normalized spacial score (nSPS) is 10.7. The number of aryl methyl sites for hydroxylation is 1. The van der Waals surface area contributed by atoms with Crippen molar-refractivity contribution < 1.29 is 9.90 Å². The number of aromatic nitrogens is 2. The summed E-state index contributed by atoms with van der Waals surface area (Å²) in [4.78, 5) is 14.6. The summed E-state index contributed by atoms with van der Waals surface area (Å²) < 4.78 is 1.81. The van der Waals surface area contributed by atoms with Crippen molar-refractivity contribution in [2.45, 2.75) is 13.0 Å². The van der Waals surface area contributed by atoms with E-state index in [1.54, 1.807) is 23.0 Å². The molecule has 0 saturated heterocycles. The number of hydrogen-bond acceptors (Lipinski definition) is 2. The molecule has 0 aliphatic heterocycles. The second kappa shape index (κ2) is 3.90. The van der Waals surface area contributed by atoms with Crippen molar-refractivity contribution in [1.29, 1.82) is 0 Å². The molecule has 0 aliphatic carbocycles. The molecule has 0 amide bonds. The van der Waals surface area contributed by atoms with Crippen LogP contribution in [-0.4, -0.2) is 20.6 Å². The molecule has 0 aliphatic rings. The van der Waals surface area contributed by atoms with Crippen LogP contribution in [0.4, 0.5) is 0 Å². The number of carboxylic acid groups (broad SMARTS) is 1. The third-order valence-corrected chi connectivity index (χ3v) is 2.38. The van der Waals surface area contributed by atoms with Crippen LogP contribution in [-0.2, 0) is 11.3 Å². The maximum atomic E-state index is 10.4. The molecular formula is C10H9ClN2O2. The molecule has 0 saturated carbocycles. The Bertz CT molecular complexity index is 507. The molecule has 2 aromatic rings. The lowest BCUT2D eigenvalue weighted by atomic mass is 10.3. The van der Waals surface area contributed by atoms with Gasteiger partial charge in [0.2, 0.25) is 0 Å². The van der Waals surface area contributed by atoms with Gasteiger partial charge in [0.1, 0.15) is 0 Å². The van der Waals surface area contributed by atoms with Crippen molar-refractivity contribution in [3.63, 3.8) is 0 Å². The summed E-state index contributed by atoms with van der Waals surface area (Å²) in [7, 11) is 0. The number of hydrogen-bond donors (Lipinski definition) is 1. The molecule has 5 heteroatoms. The van der Waals surface area contributed by atoms with E-state index in [0.717, 1.165) is 11.0 Å². The van der Waals surface area contributed by atoms with Crippen molar-refractivity contribution in [3.8, 4) is 0 Å². The number of benzene rings is 1. The van der Waals surface area contributed by atoms with Crippen LogP contribution in [0.3, 0.4) is 0 Å². The van der Waals surface area contributed by atoms with Crippen molar-refractivity contribution in [3.05, 3.63) is 29.5 Å². The second-order valence-corrected chi connectivity index (χ2v) is 3.65. The fraction of sp³-hybridized carbons (Fsp3) is 0.200. The zero-order valence-electron chi connectivity index (χ0n) is 7.85. The van der Waals surface area contributed by atoms with Crippen LogP contribution < -0.4 is 0 Å². The van der Waals surface area contributed by atoms with E-state index in [1.165, 1.54) is 0 Å². The van der Waals surface area contributed by atoms with Gasteiger partial charge in [-0.05, 0) is 18.2 Å². The molecule has 1 aromatic carbocycles. The van der Waals surface area contributed by atoms with Gasteiger partial charge in [0.05, 0.1) is 23.8 Å². The summed E-state index contributed by atoms with van der Waals surface area (Å²) in [6.07, 6.45) is 1.72. The highest BCUT2D eigenvalue weighted by Crippen LogP contribution is 2.18. The van der Waals surface area contributed by atoms with Crippen LogP contribution >= 0.6 is 11.6 Å². The summed E-state index contributed by atoms with van der Waals surface area (Å²) in [5, 5.41) is 9.20. The number of carboxylic acids is 1. The molecule has 4 nitrogen and oxygen atoms in total. The molecule has 0 unspecified atom stereocenters. The Balaban J connectivity index is 2.32. The molecule has 15 heavy (non-hydrogen) atoms. The molecule has 0 radical (unpaired) electrons. The Hall–Kier alpha value is -1.55. The summed E-state index contributed by atoms with van der Waals surface area (Å²) in [6.45, 7) is 0.424. The van der Waals surface area contributed by atoms with Crippen LogP contribution in [0.2, 0.25) is 5.02 Å². The number of halogens is 1. The number of rotatable bonds is 3. The number of aliphatic carboxylic acids is 1. The summed E-state index contributed by atoms with van der Waals surface area (Å²) in [5.41, 5.74) is 1.69. The number of imidazole rings is 1. The van der Waals surface area contributed by atoms with Gasteiger partial charge in [-0.1, -0.05) is 11.6 Å². The summed E-state index contributed by atoms with van der Waals surface area (Å²) in [5.74, 6) is -0.814. The lowest BCUT2D eigenvalue weighted by Crippen LogP contribution is -2.03. The second-order valence-electron chi connectivity index (χ2n) is 3.21. The van der Waals surface area contributed by atoms with Gasteiger partial charge in [-0.25, -0.2) is 4.98 Å². The van der Waals surface area contributed by atoms with Gasteiger partial charge < -0.3 is 9.67 Å². The smallest absolute Gasteiger partial charge is 0.305 e. The SMILES string of the molecule is O=C(O)CCn1cnc2cc(Cl)ccc21. The lowest BCUT2D eigenvalue weighted by Gasteiger charge is -2.00. The number of nitrogens with zero attached hydrogens (tertiary/aromatic N) is 2. The minimum Gasteiger partial charge on any atom is -0.481 e. The predicted molar refractivity (Wildman–Crippen MR) is 57.0 cm³/mol. The monoisotopic (exact) mass is 224 g/mol. The van der Waals surface area contributed by atoms with Crippen molar-refractivity contribution in [2.75, 3.05) is 0 Å². The van der Waals surface area contributed by atoms with Crippen molar-refractivity contribution >= 4 is 28.6 Å². The topological polar surface area (TPSA) is 55.1 Å². The highest BCUT2D eigenvalue weighted by atomic mass is 35.5. The lowest BCUT2D eigenvalue weighted by molar-refractivity contribution is -0.137. The first kappa shape index (κ1) is 9.98. The number of fused-ring (bicyclic) bond motifs is 1. The van der Waals surface area contributed by atoms with E-state index in [4.69, 9.17) is 16.7 Å². The van der Waals surface area contributed by atoms with Gasteiger partial charge in [0.25, 0.3) is 0 Å².